The van der Waals surface area contributed by atoms with E-state index in [-0.39, 0.29) is 6.04 Å². The first-order valence-corrected chi connectivity index (χ1v) is 6.97. The molecule has 0 aliphatic carbocycles. The van der Waals surface area contributed by atoms with Gasteiger partial charge in [0.15, 0.2) is 0 Å². The van der Waals surface area contributed by atoms with Crippen LogP contribution < -0.4 is 4.90 Å². The maximum absolute atomic E-state index is 12.7. The van der Waals surface area contributed by atoms with Crippen LogP contribution >= 0.6 is 22.6 Å². The van der Waals surface area contributed by atoms with E-state index in [1.165, 1.54) is 0 Å². The van der Waals surface area contributed by atoms with Crippen molar-refractivity contribution >= 4 is 28.4 Å². The molecule has 2 heterocycles. The molecular weight excluding hydrogens is 356 g/mol. The molecule has 6 heteroatoms. The number of rotatable bonds is 1. The second kappa shape index (κ2) is 5.22. The minimum absolute atomic E-state index is 0.255. The van der Waals surface area contributed by atoms with Gasteiger partial charge in [-0.3, -0.25) is 0 Å². The SMILES string of the molecule is CC1CCCCN1c1cc(I)cc(C(F)(F)F)n1. The Hall–Kier alpha value is -0.530. The third-order valence-electron chi connectivity index (χ3n) is 3.16. The summed E-state index contributed by atoms with van der Waals surface area (Å²) in [5.41, 5.74) is -0.804. The van der Waals surface area contributed by atoms with Crippen LogP contribution in [-0.4, -0.2) is 17.6 Å². The maximum atomic E-state index is 12.7. The summed E-state index contributed by atoms with van der Waals surface area (Å²) in [6, 6.07) is 3.06. The number of halogens is 4. The zero-order chi connectivity index (χ0) is 13.3. The van der Waals surface area contributed by atoms with E-state index in [9.17, 15) is 13.2 Å². The minimum atomic E-state index is -4.38. The fraction of sp³-hybridized carbons (Fsp3) is 0.583. The highest BCUT2D eigenvalue weighted by Gasteiger charge is 2.34. The first-order valence-electron chi connectivity index (χ1n) is 5.89. The molecule has 2 rings (SSSR count). The molecule has 0 saturated carbocycles. The van der Waals surface area contributed by atoms with Crippen molar-refractivity contribution in [2.45, 2.75) is 38.4 Å². The molecular formula is C12H14F3IN2. The third-order valence-corrected chi connectivity index (χ3v) is 3.79. The van der Waals surface area contributed by atoms with Crippen molar-refractivity contribution < 1.29 is 13.2 Å². The van der Waals surface area contributed by atoms with Gasteiger partial charge in [0.05, 0.1) is 0 Å². The summed E-state index contributed by atoms with van der Waals surface area (Å²) in [6.07, 6.45) is -1.23. The fourth-order valence-corrected chi connectivity index (χ4v) is 2.79. The highest BCUT2D eigenvalue weighted by Crippen LogP contribution is 2.32. The zero-order valence-electron chi connectivity index (χ0n) is 9.97. The van der Waals surface area contributed by atoms with Crippen molar-refractivity contribution in [3.8, 4) is 0 Å². The summed E-state index contributed by atoms with van der Waals surface area (Å²) in [5.74, 6) is 0.446. The van der Waals surface area contributed by atoms with Crippen LogP contribution in [0.5, 0.6) is 0 Å². The number of piperidine rings is 1. The smallest absolute Gasteiger partial charge is 0.354 e. The van der Waals surface area contributed by atoms with Crippen LogP contribution in [0.1, 0.15) is 31.9 Å². The Bertz CT molecular complexity index is 434. The standard InChI is InChI=1S/C12H14F3IN2/c1-8-4-2-3-5-18(8)11-7-9(16)6-10(17-11)12(13,14)15/h6-8H,2-5H2,1H3. The Morgan fingerprint density at radius 2 is 2.06 bits per heavy atom. The zero-order valence-corrected chi connectivity index (χ0v) is 12.1. The van der Waals surface area contributed by atoms with Gasteiger partial charge in [-0.25, -0.2) is 4.98 Å². The van der Waals surface area contributed by atoms with Gasteiger partial charge in [-0.15, -0.1) is 0 Å². The lowest BCUT2D eigenvalue weighted by Crippen LogP contribution is -2.38. The third kappa shape index (κ3) is 3.07. The normalized spacial score (nSPS) is 21.2. The van der Waals surface area contributed by atoms with Crippen LogP contribution in [0.25, 0.3) is 0 Å². The molecule has 1 atom stereocenters. The molecule has 1 saturated heterocycles. The van der Waals surface area contributed by atoms with Crippen molar-refractivity contribution in [2.75, 3.05) is 11.4 Å². The van der Waals surface area contributed by atoms with E-state index in [1.807, 2.05) is 34.4 Å². The van der Waals surface area contributed by atoms with Crippen molar-refractivity contribution in [1.29, 1.82) is 0 Å². The van der Waals surface area contributed by atoms with Gasteiger partial charge in [-0.2, -0.15) is 13.2 Å². The molecule has 0 bridgehead atoms. The molecule has 1 aromatic heterocycles. The molecule has 100 valence electrons. The molecule has 0 radical (unpaired) electrons. The molecule has 1 unspecified atom stereocenters. The van der Waals surface area contributed by atoms with Gasteiger partial charge < -0.3 is 4.90 Å². The maximum Gasteiger partial charge on any atom is 0.433 e. The molecule has 1 aromatic rings. The van der Waals surface area contributed by atoms with Gasteiger partial charge in [0, 0.05) is 16.2 Å². The lowest BCUT2D eigenvalue weighted by atomic mass is 10.0. The lowest BCUT2D eigenvalue weighted by molar-refractivity contribution is -0.141. The van der Waals surface area contributed by atoms with Crippen molar-refractivity contribution in [1.82, 2.24) is 4.98 Å². The van der Waals surface area contributed by atoms with Crippen molar-refractivity contribution in [3.63, 3.8) is 0 Å². The monoisotopic (exact) mass is 370 g/mol. The van der Waals surface area contributed by atoms with Gasteiger partial charge >= 0.3 is 6.18 Å². The summed E-state index contributed by atoms with van der Waals surface area (Å²) >= 11 is 1.91. The number of pyridine rings is 1. The van der Waals surface area contributed by atoms with Crippen molar-refractivity contribution in [2.24, 2.45) is 0 Å². The van der Waals surface area contributed by atoms with E-state index in [4.69, 9.17) is 0 Å². The predicted octanol–water partition coefficient (Wildman–Crippen LogP) is 4.08. The Morgan fingerprint density at radius 3 is 2.67 bits per heavy atom. The average molecular weight is 370 g/mol. The van der Waals surface area contributed by atoms with Gasteiger partial charge in [0.25, 0.3) is 0 Å². The van der Waals surface area contributed by atoms with Crippen LogP contribution in [-0.2, 0) is 6.18 Å². The second-order valence-corrected chi connectivity index (χ2v) is 5.81. The summed E-state index contributed by atoms with van der Waals surface area (Å²) in [4.78, 5) is 5.75. The predicted molar refractivity (Wildman–Crippen MR) is 72.6 cm³/mol. The van der Waals surface area contributed by atoms with E-state index in [1.54, 1.807) is 6.07 Å². The van der Waals surface area contributed by atoms with E-state index in [0.717, 1.165) is 31.9 Å². The minimum Gasteiger partial charge on any atom is -0.354 e. The van der Waals surface area contributed by atoms with Crippen LogP contribution in [0, 0.1) is 3.57 Å². The number of hydrogen-bond acceptors (Lipinski definition) is 2. The summed E-state index contributed by atoms with van der Waals surface area (Å²) in [6.45, 7) is 2.82. The van der Waals surface area contributed by atoms with E-state index >= 15 is 0 Å². The van der Waals surface area contributed by atoms with Gasteiger partial charge in [0.2, 0.25) is 0 Å². The van der Waals surface area contributed by atoms with E-state index in [2.05, 4.69) is 4.98 Å². The highest BCUT2D eigenvalue weighted by molar-refractivity contribution is 14.1. The summed E-state index contributed by atoms with van der Waals surface area (Å²) < 4.78 is 38.8. The average Bonchev–Trinajstić information content (AvgIpc) is 2.27. The Morgan fingerprint density at radius 1 is 1.33 bits per heavy atom. The van der Waals surface area contributed by atoms with Crippen molar-refractivity contribution in [3.05, 3.63) is 21.4 Å². The number of aromatic nitrogens is 1. The number of anilines is 1. The first kappa shape index (κ1) is 13.9. The molecule has 0 spiro atoms. The number of hydrogen-bond donors (Lipinski definition) is 0. The van der Waals surface area contributed by atoms with Crippen LogP contribution in [0.2, 0.25) is 0 Å². The summed E-state index contributed by atoms with van der Waals surface area (Å²) in [5, 5.41) is 0. The number of nitrogens with zero attached hydrogens (tertiary/aromatic N) is 2. The molecule has 1 fully saturated rings. The fourth-order valence-electron chi connectivity index (χ4n) is 2.21. The van der Waals surface area contributed by atoms with Gasteiger partial charge in [0.1, 0.15) is 11.5 Å². The summed E-state index contributed by atoms with van der Waals surface area (Å²) in [7, 11) is 0. The molecule has 2 nitrogen and oxygen atoms in total. The van der Waals surface area contributed by atoms with Crippen LogP contribution in [0.3, 0.4) is 0 Å². The lowest BCUT2D eigenvalue weighted by Gasteiger charge is -2.34. The molecule has 1 aliphatic rings. The quantitative estimate of drug-likeness (QED) is 0.693. The highest BCUT2D eigenvalue weighted by atomic mass is 127. The van der Waals surface area contributed by atoms with E-state index < -0.39 is 11.9 Å². The molecule has 1 aliphatic heterocycles. The second-order valence-electron chi connectivity index (χ2n) is 4.56. The number of alkyl halides is 3. The molecule has 0 aromatic carbocycles. The van der Waals surface area contributed by atoms with Crippen LogP contribution in [0.4, 0.5) is 19.0 Å². The Kier molecular flexibility index (Phi) is 4.03. The molecule has 0 amide bonds. The van der Waals surface area contributed by atoms with Gasteiger partial charge in [-0.05, 0) is 60.9 Å². The molecule has 0 N–H and O–H groups in total. The van der Waals surface area contributed by atoms with Gasteiger partial charge in [-0.1, -0.05) is 0 Å². The Labute approximate surface area is 118 Å². The van der Waals surface area contributed by atoms with E-state index in [0.29, 0.717) is 9.39 Å². The topological polar surface area (TPSA) is 16.1 Å². The van der Waals surface area contributed by atoms with Crippen LogP contribution in [0.15, 0.2) is 12.1 Å². The Balaban J connectivity index is 2.35. The molecule has 18 heavy (non-hydrogen) atoms. The first-order chi connectivity index (χ1) is 8.38. The largest absolute Gasteiger partial charge is 0.433 e.